The lowest BCUT2D eigenvalue weighted by Crippen LogP contribution is -2.33. The number of hydrogen-bond acceptors (Lipinski definition) is 4. The molecule has 5 nitrogen and oxygen atoms in total. The third kappa shape index (κ3) is 2.99. The van der Waals surface area contributed by atoms with Crippen molar-refractivity contribution in [2.45, 2.75) is 23.0 Å². The maximum Gasteiger partial charge on any atom is 0.248 e. The Kier molecular flexibility index (Phi) is 4.42. The molecular weight excluding hydrogens is 298 g/mol. The van der Waals surface area contributed by atoms with Gasteiger partial charge in [-0.05, 0) is 31.0 Å². The van der Waals surface area contributed by atoms with Crippen molar-refractivity contribution < 1.29 is 9.63 Å². The Morgan fingerprint density at radius 3 is 2.73 bits per heavy atom. The van der Waals surface area contributed by atoms with Gasteiger partial charge in [0.25, 0.3) is 0 Å². The quantitative estimate of drug-likeness (QED) is 0.940. The van der Waals surface area contributed by atoms with Crippen LogP contribution in [-0.2, 0) is 11.9 Å². The van der Waals surface area contributed by atoms with Crippen LogP contribution in [0.15, 0.2) is 29.3 Å². The van der Waals surface area contributed by atoms with Gasteiger partial charge in [-0.25, -0.2) is 0 Å². The van der Waals surface area contributed by atoms with E-state index >= 15 is 0 Å². The van der Waals surface area contributed by atoms with Crippen molar-refractivity contribution in [1.82, 2.24) is 9.63 Å². The van der Waals surface area contributed by atoms with Gasteiger partial charge in [-0.1, -0.05) is 0 Å². The molecule has 2 N–H and O–H groups in total. The lowest BCUT2D eigenvalue weighted by molar-refractivity contribution is -0.140. The van der Waals surface area contributed by atoms with Gasteiger partial charge in [0.2, 0.25) is 5.91 Å². The number of hydroxylamine groups is 2. The minimum absolute atomic E-state index is 0.380. The maximum absolute atomic E-state index is 11.4. The fraction of sp³-hybridized carbons (Fsp3) is 0.438. The van der Waals surface area contributed by atoms with Gasteiger partial charge in [0, 0.05) is 52.9 Å². The number of fused-ring (bicyclic) bond motifs is 1. The number of thioether (sulfide) groups is 1. The van der Waals surface area contributed by atoms with E-state index in [2.05, 4.69) is 10.8 Å². The Bertz CT molecular complexity index is 690. The van der Waals surface area contributed by atoms with E-state index in [9.17, 15) is 4.79 Å². The summed E-state index contributed by atoms with van der Waals surface area (Å²) in [5.74, 6) is -0.380. The van der Waals surface area contributed by atoms with Gasteiger partial charge in [0.05, 0.1) is 7.11 Å². The van der Waals surface area contributed by atoms with E-state index < -0.39 is 0 Å². The summed E-state index contributed by atoms with van der Waals surface area (Å²) < 4.78 is 2.10. The van der Waals surface area contributed by atoms with Crippen LogP contribution >= 0.6 is 11.8 Å². The summed E-state index contributed by atoms with van der Waals surface area (Å²) >= 11 is 1.89. The molecule has 0 atom stereocenters. The Balaban J connectivity index is 1.84. The van der Waals surface area contributed by atoms with E-state index in [1.165, 1.54) is 4.90 Å². The predicted molar refractivity (Wildman–Crippen MR) is 88.9 cm³/mol. The molecule has 1 saturated heterocycles. The second kappa shape index (κ2) is 6.32. The third-order valence-electron chi connectivity index (χ3n) is 4.19. The van der Waals surface area contributed by atoms with Crippen molar-refractivity contribution in [3.05, 3.63) is 30.0 Å². The summed E-state index contributed by atoms with van der Waals surface area (Å²) in [5, 5.41) is 3.69. The SMILES string of the molecule is CON1CCC(Sc2cn(C)c3ccc(C(N)=O)cc23)CC1. The zero-order valence-electron chi connectivity index (χ0n) is 12.9. The number of benzene rings is 1. The van der Waals surface area contributed by atoms with E-state index in [1.807, 2.05) is 36.0 Å². The lowest BCUT2D eigenvalue weighted by Gasteiger charge is -2.29. The van der Waals surface area contributed by atoms with Crippen molar-refractivity contribution in [2.75, 3.05) is 20.2 Å². The van der Waals surface area contributed by atoms with Crippen LogP contribution in [0.25, 0.3) is 10.9 Å². The molecule has 0 spiro atoms. The van der Waals surface area contributed by atoms with E-state index in [0.717, 1.165) is 36.8 Å². The maximum atomic E-state index is 11.4. The van der Waals surface area contributed by atoms with Gasteiger partial charge < -0.3 is 15.1 Å². The summed E-state index contributed by atoms with van der Waals surface area (Å²) in [6, 6.07) is 5.66. The number of primary amides is 1. The smallest absolute Gasteiger partial charge is 0.248 e. The first-order valence-electron chi connectivity index (χ1n) is 7.43. The molecule has 0 bridgehead atoms. The van der Waals surface area contributed by atoms with E-state index in [1.54, 1.807) is 13.2 Å². The summed E-state index contributed by atoms with van der Waals surface area (Å²) in [6.07, 6.45) is 4.34. The minimum atomic E-state index is -0.380. The second-order valence-electron chi connectivity index (χ2n) is 5.63. The van der Waals surface area contributed by atoms with E-state index in [4.69, 9.17) is 10.6 Å². The number of nitrogens with zero attached hydrogens (tertiary/aromatic N) is 2. The number of aryl methyl sites for hydroxylation is 1. The Morgan fingerprint density at radius 1 is 1.36 bits per heavy atom. The van der Waals surface area contributed by atoms with Gasteiger partial charge in [-0.2, -0.15) is 5.06 Å². The first-order chi connectivity index (χ1) is 10.6. The van der Waals surface area contributed by atoms with Gasteiger partial charge in [-0.15, -0.1) is 11.8 Å². The molecule has 1 aliphatic rings. The molecule has 0 unspecified atom stereocenters. The number of carbonyl (C=O) groups is 1. The third-order valence-corrected chi connectivity index (χ3v) is 5.57. The second-order valence-corrected chi connectivity index (χ2v) is 6.97. The van der Waals surface area contributed by atoms with Crippen LogP contribution in [0.4, 0.5) is 0 Å². The molecule has 3 rings (SSSR count). The summed E-state index contributed by atoms with van der Waals surface area (Å²) in [6.45, 7) is 1.93. The predicted octanol–water partition coefficient (Wildman–Crippen LogP) is 2.40. The van der Waals surface area contributed by atoms with Crippen LogP contribution in [0.5, 0.6) is 0 Å². The Labute approximate surface area is 134 Å². The molecule has 1 aromatic carbocycles. The van der Waals surface area contributed by atoms with Crippen molar-refractivity contribution in [1.29, 1.82) is 0 Å². The minimum Gasteiger partial charge on any atom is -0.366 e. The van der Waals surface area contributed by atoms with E-state index in [0.29, 0.717) is 10.8 Å². The van der Waals surface area contributed by atoms with Crippen molar-refractivity contribution in [2.24, 2.45) is 12.8 Å². The fourth-order valence-corrected chi connectivity index (χ4v) is 4.23. The highest BCUT2D eigenvalue weighted by molar-refractivity contribution is 8.00. The molecule has 0 saturated carbocycles. The number of carbonyl (C=O) groups excluding carboxylic acids is 1. The van der Waals surface area contributed by atoms with Crippen molar-refractivity contribution >= 4 is 28.6 Å². The highest BCUT2D eigenvalue weighted by atomic mass is 32.2. The summed E-state index contributed by atoms with van der Waals surface area (Å²) in [5.41, 5.74) is 7.10. The largest absolute Gasteiger partial charge is 0.366 e. The first kappa shape index (κ1) is 15.4. The Hall–Kier alpha value is -1.50. The average molecular weight is 319 g/mol. The van der Waals surface area contributed by atoms with Gasteiger partial charge >= 0.3 is 0 Å². The number of nitrogens with two attached hydrogens (primary N) is 1. The van der Waals surface area contributed by atoms with Crippen molar-refractivity contribution in [3.63, 3.8) is 0 Å². The fourth-order valence-electron chi connectivity index (χ4n) is 2.92. The molecule has 118 valence electrons. The molecule has 6 heteroatoms. The molecule has 22 heavy (non-hydrogen) atoms. The number of rotatable bonds is 4. The van der Waals surface area contributed by atoms with Crippen LogP contribution < -0.4 is 5.73 Å². The molecule has 2 aromatic rings. The molecular formula is C16H21N3O2S. The highest BCUT2D eigenvalue weighted by Gasteiger charge is 2.21. The standard InChI is InChI=1S/C16H21N3O2S/c1-18-10-15(22-12-5-7-19(21-2)8-6-12)13-9-11(16(17)20)3-4-14(13)18/h3-4,9-10,12H,5-8H2,1-2H3,(H2,17,20). The zero-order chi connectivity index (χ0) is 15.7. The van der Waals surface area contributed by atoms with Crippen LogP contribution in [0, 0.1) is 0 Å². The number of amides is 1. The van der Waals surface area contributed by atoms with Crippen molar-refractivity contribution in [3.8, 4) is 0 Å². The molecule has 0 aliphatic carbocycles. The topological polar surface area (TPSA) is 60.5 Å². The molecule has 1 fully saturated rings. The number of aromatic nitrogens is 1. The van der Waals surface area contributed by atoms with Gasteiger partial charge in [-0.3, -0.25) is 4.79 Å². The van der Waals surface area contributed by atoms with Crippen LogP contribution in [0.1, 0.15) is 23.2 Å². The number of hydrogen-bond donors (Lipinski definition) is 1. The van der Waals surface area contributed by atoms with Crippen LogP contribution in [0.3, 0.4) is 0 Å². The Morgan fingerprint density at radius 2 is 2.09 bits per heavy atom. The summed E-state index contributed by atoms with van der Waals surface area (Å²) in [7, 11) is 3.76. The lowest BCUT2D eigenvalue weighted by atomic mass is 10.1. The molecule has 1 amide bonds. The summed E-state index contributed by atoms with van der Waals surface area (Å²) in [4.78, 5) is 17.9. The van der Waals surface area contributed by atoms with Crippen LogP contribution in [0.2, 0.25) is 0 Å². The van der Waals surface area contributed by atoms with Gasteiger partial charge in [0.1, 0.15) is 0 Å². The van der Waals surface area contributed by atoms with Crippen LogP contribution in [-0.4, -0.2) is 41.0 Å². The molecule has 0 radical (unpaired) electrons. The molecule has 2 heterocycles. The highest BCUT2D eigenvalue weighted by Crippen LogP contribution is 2.36. The first-order valence-corrected chi connectivity index (χ1v) is 8.31. The number of piperidine rings is 1. The average Bonchev–Trinajstić information content (AvgIpc) is 2.84. The van der Waals surface area contributed by atoms with E-state index in [-0.39, 0.29) is 5.91 Å². The normalized spacial score (nSPS) is 17.2. The van der Waals surface area contributed by atoms with Gasteiger partial charge in [0.15, 0.2) is 0 Å². The zero-order valence-corrected chi connectivity index (χ0v) is 13.7. The monoisotopic (exact) mass is 319 g/mol. The molecule has 1 aliphatic heterocycles. The molecule has 1 aromatic heterocycles.